The quantitative estimate of drug-likeness (QED) is 0.0488. The van der Waals surface area contributed by atoms with Crippen LogP contribution in [0.5, 0.6) is 10.4 Å². The summed E-state index contributed by atoms with van der Waals surface area (Å²) in [6.45, 7) is 0.358. The van der Waals surface area contributed by atoms with E-state index < -0.39 is 71.2 Å². The molecular weight excluding hydrogens is 1270 g/mol. The van der Waals surface area contributed by atoms with Gasteiger partial charge in [0.15, 0.2) is 0 Å². The van der Waals surface area contributed by atoms with Gasteiger partial charge in [-0.25, -0.2) is 19.6 Å². The average Bonchev–Trinajstić information content (AvgIpc) is 1.64. The maximum absolute atomic E-state index is 14.3. The number of allylic oxidation sites excluding steroid dienone is 2. The Morgan fingerprint density at radius 2 is 1.06 bits per heavy atom. The number of carboxylic acid groups (broad SMARTS) is 1. The van der Waals surface area contributed by atoms with Crippen molar-refractivity contribution in [3.63, 3.8) is 0 Å². The molecule has 6 heterocycles. The standard InChI is InChI=1S/C32H34Cl2N4O5S.C31H32Cl2N4O5S.Na.H2O/c1-42-30(41)32-17-19(32)9-5-3-2-4-6-11-25(35-20-13-14-22(33)23(34)15-20)29(40)38-18-21(16-26(38)28(39)37-32)43-31-36-24-10-7-8-12-27(24)44-31;32-21-13-12-19(14-22(21)33)34-24-10-5-3-1-2-4-8-18-16-31(18,29(40)41)36-27(38)25-15-20(17-37(25)28(24)39)42-30-35-23-9-6-7-11-26(23)43-30;;/h5,7-10,12-15,19,21,25-26,35H,2-4,6,11,16-18H2,1H3,(H,37,39);4,6-9,11-14,18,20,24-25,34H,1-3,5,10,15-17H2,(H,36,38)(H,40,41);;1H2/q;;+1;/p-1/b9-5-;8-4-;;/t19-,21-,25+,26+,32-;18-,20-,24+,25+,31-;;/m11../s1. The Hall–Kier alpha value is -5.72. The number of carbonyl (C=O) groups is 6. The first-order valence-electron chi connectivity index (χ1n) is 29.4. The van der Waals surface area contributed by atoms with E-state index in [4.69, 9.17) is 60.6 Å². The summed E-state index contributed by atoms with van der Waals surface area (Å²) in [5.74, 6) is -3.38. The SMILES string of the molecule is COC(=O)[C@@]12C[C@H]1/C=C\CCCCC[C@H](Nc1ccc(Cl)c(Cl)c1)C(=O)N1C[C@H](Oc3nc4ccccc4s3)C[C@H]1C(=O)N2.O=C1N[C@]2(C(=O)O)C[C@H]2/C=C\CCCCC[C@H](Nc2ccc(Cl)c(Cl)c2)C(=O)N2C[C@H](Oc3nc4ccccc4s3)C[C@@H]12.[Na+].[OH-]. The van der Waals surface area contributed by atoms with Crippen LogP contribution in [0.4, 0.5) is 11.4 Å². The third-order valence-corrected chi connectivity index (χ3v) is 20.3. The molecule has 2 saturated heterocycles. The predicted molar refractivity (Wildman–Crippen MR) is 340 cm³/mol. The van der Waals surface area contributed by atoms with E-state index in [1.165, 1.54) is 34.7 Å². The number of hydrogen-bond donors (Lipinski definition) is 5. The zero-order chi connectivity index (χ0) is 61.0. The van der Waals surface area contributed by atoms with Crippen molar-refractivity contribution in [3.05, 3.63) is 129 Å². The third-order valence-electron chi connectivity index (χ3n) is 17.0. The van der Waals surface area contributed by atoms with Crippen LogP contribution in [-0.4, -0.2) is 134 Å². The molecule has 6 aliphatic rings. The Labute approximate surface area is 565 Å². The van der Waals surface area contributed by atoms with Crippen LogP contribution >= 0.6 is 69.1 Å². The van der Waals surface area contributed by atoms with Crippen molar-refractivity contribution in [2.24, 2.45) is 11.8 Å². The van der Waals surface area contributed by atoms with Crippen LogP contribution in [0, 0.1) is 11.8 Å². The molecule has 0 bridgehead atoms. The Morgan fingerprint density at radius 1 is 0.618 bits per heavy atom. The topological polar surface area (TPSA) is 261 Å². The number of aromatic nitrogens is 2. The van der Waals surface area contributed by atoms with Gasteiger partial charge in [-0.2, -0.15) is 0 Å². The van der Waals surface area contributed by atoms with Crippen molar-refractivity contribution in [1.29, 1.82) is 0 Å². The number of ether oxygens (including phenoxy) is 3. The smallest absolute Gasteiger partial charge is 0.870 e. The number of amides is 4. The van der Waals surface area contributed by atoms with E-state index in [2.05, 4.69) is 37.3 Å². The largest absolute Gasteiger partial charge is 1.00 e. The van der Waals surface area contributed by atoms with E-state index in [0.717, 1.165) is 71.8 Å². The summed E-state index contributed by atoms with van der Waals surface area (Å²) in [7, 11) is 1.32. The maximum atomic E-state index is 14.3. The number of carbonyl (C=O) groups excluding carboxylic acids is 5. The van der Waals surface area contributed by atoms with Gasteiger partial charge >= 0.3 is 41.5 Å². The average molecular weight is 1340 g/mol. The first-order valence-corrected chi connectivity index (χ1v) is 32.5. The van der Waals surface area contributed by atoms with E-state index in [1.54, 1.807) is 41.3 Å². The Bertz CT molecular complexity index is 3590. The van der Waals surface area contributed by atoms with Crippen molar-refractivity contribution in [3.8, 4) is 10.4 Å². The molecule has 4 aromatic carbocycles. The number of hydrogen-bond acceptors (Lipinski definition) is 16. The van der Waals surface area contributed by atoms with Gasteiger partial charge < -0.3 is 55.9 Å². The summed E-state index contributed by atoms with van der Waals surface area (Å²) in [6.07, 6.45) is 16.3. The van der Waals surface area contributed by atoms with Crippen LogP contribution in [0.25, 0.3) is 20.4 Å². The minimum absolute atomic E-state index is 0. The number of aliphatic carboxylic acids is 1. The van der Waals surface area contributed by atoms with E-state index in [1.807, 2.05) is 66.8 Å². The Balaban J connectivity index is 0.000000207. The van der Waals surface area contributed by atoms with Gasteiger partial charge in [-0.05, 0) is 112 Å². The normalized spacial score (nSPS) is 27.8. The van der Waals surface area contributed by atoms with Crippen molar-refractivity contribution < 1.29 is 83.1 Å². The zero-order valence-corrected chi connectivity index (χ0v) is 55.7. The molecule has 26 heteroatoms. The first-order chi connectivity index (χ1) is 42.0. The van der Waals surface area contributed by atoms with Crippen LogP contribution < -0.4 is 60.3 Å². The number of esters is 1. The van der Waals surface area contributed by atoms with Crippen molar-refractivity contribution in [2.75, 3.05) is 30.8 Å². The van der Waals surface area contributed by atoms with Gasteiger partial charge in [0.1, 0.15) is 47.5 Å². The van der Waals surface area contributed by atoms with Gasteiger partial charge in [-0.3, -0.25) is 19.2 Å². The molecule has 0 radical (unpaired) electrons. The van der Waals surface area contributed by atoms with Crippen LogP contribution in [0.15, 0.2) is 109 Å². The summed E-state index contributed by atoms with van der Waals surface area (Å²) in [6, 6.07) is 22.7. The monoisotopic (exact) mass is 1340 g/mol. The molecule has 4 fully saturated rings. The van der Waals surface area contributed by atoms with Crippen molar-refractivity contribution >= 4 is 136 Å². The number of fused-ring (bicyclic) bond motifs is 6. The number of para-hydroxylation sites is 2. The second kappa shape index (κ2) is 29.7. The molecule has 2 saturated carbocycles. The second-order valence-corrected chi connectivity index (χ2v) is 26.6. The van der Waals surface area contributed by atoms with Gasteiger partial charge in [0.25, 0.3) is 10.4 Å². The van der Waals surface area contributed by atoms with Gasteiger partial charge in [0.05, 0.1) is 60.7 Å². The van der Waals surface area contributed by atoms with Crippen molar-refractivity contribution in [1.82, 2.24) is 30.4 Å². The predicted octanol–water partition coefficient (Wildman–Crippen LogP) is 8.74. The molecule has 12 rings (SSSR count). The number of nitrogens with one attached hydrogen (secondary N) is 4. The summed E-state index contributed by atoms with van der Waals surface area (Å²) < 4.78 is 19.6. The minimum atomic E-state index is -1.37. The van der Waals surface area contributed by atoms with E-state index in [-0.39, 0.29) is 84.6 Å². The molecule has 6 N–H and O–H groups in total. The Kier molecular flexibility index (Phi) is 22.6. The summed E-state index contributed by atoms with van der Waals surface area (Å²) in [5, 5.41) is 25.0. The number of benzene rings is 4. The van der Waals surface area contributed by atoms with Gasteiger partial charge in [-0.1, -0.05) is 143 Å². The van der Waals surface area contributed by atoms with E-state index in [9.17, 15) is 33.9 Å². The summed E-state index contributed by atoms with van der Waals surface area (Å²) in [4.78, 5) is 93.8. The minimum Gasteiger partial charge on any atom is -0.870 e. The number of anilines is 2. The number of thiazole rings is 2. The second-order valence-electron chi connectivity index (χ2n) is 23.0. The molecule has 466 valence electrons. The fourth-order valence-corrected chi connectivity index (χ4v) is 14.5. The van der Waals surface area contributed by atoms with Crippen LogP contribution in [0.2, 0.25) is 20.1 Å². The van der Waals surface area contributed by atoms with Gasteiger partial charge in [-0.15, -0.1) is 0 Å². The van der Waals surface area contributed by atoms with Crippen LogP contribution in [0.1, 0.15) is 89.9 Å². The molecule has 4 amide bonds. The summed E-state index contributed by atoms with van der Waals surface area (Å²) >= 11 is 27.6. The van der Waals surface area contributed by atoms with Gasteiger partial charge in [0.2, 0.25) is 23.6 Å². The van der Waals surface area contributed by atoms with E-state index in [0.29, 0.717) is 67.5 Å². The van der Waals surface area contributed by atoms with Crippen LogP contribution in [0.3, 0.4) is 0 Å². The fraction of sp³-hybridized carbons (Fsp3) is 0.429. The number of nitrogens with zero attached hydrogens (tertiary/aromatic N) is 4. The molecule has 4 aliphatic heterocycles. The number of carboxylic acids is 1. The first kappa shape index (κ1) is 67.7. The van der Waals surface area contributed by atoms with Gasteiger partial charge in [0, 0.05) is 36.1 Å². The molecule has 10 atom stereocenters. The third kappa shape index (κ3) is 15.6. The molecule has 6 aromatic rings. The molecule has 2 aliphatic carbocycles. The number of halogens is 4. The maximum Gasteiger partial charge on any atom is 1.00 e. The van der Waals surface area contributed by atoms with E-state index >= 15 is 0 Å². The molecule has 0 spiro atoms. The molecule has 89 heavy (non-hydrogen) atoms. The molecule has 2 aromatic heterocycles. The summed E-state index contributed by atoms with van der Waals surface area (Å²) in [5.41, 5.74) is 0.431. The van der Waals surface area contributed by atoms with Crippen LogP contribution in [-0.2, 0) is 33.5 Å². The van der Waals surface area contributed by atoms with Crippen molar-refractivity contribution in [2.45, 2.75) is 137 Å². The Morgan fingerprint density at radius 3 is 1.49 bits per heavy atom. The molecular formula is C63H67Cl4N8NaO11S2. The fourth-order valence-electron chi connectivity index (χ4n) is 12.1. The molecule has 19 nitrogen and oxygen atoms in total. The zero-order valence-electron chi connectivity index (χ0n) is 49.0. The number of methoxy groups -OCH3 is 1. The number of rotatable bonds is 10. The molecule has 0 unspecified atom stereocenters.